The molecule has 0 aliphatic carbocycles. The minimum absolute atomic E-state index is 0.0244. The number of likely N-dealkylation sites (tertiary alicyclic amines) is 1. The number of halogens is 1. The number of carbonyl (C=O) groups is 1. The van der Waals surface area contributed by atoms with Gasteiger partial charge >= 0.3 is 0 Å². The zero-order valence-corrected chi connectivity index (χ0v) is 14.5. The molecule has 1 amide bonds. The number of rotatable bonds is 5. The van der Waals surface area contributed by atoms with Crippen LogP contribution in [0.2, 0.25) is 0 Å². The normalized spacial score (nSPS) is 15.1. The average Bonchev–Trinajstić information content (AvgIpc) is 3.39. The average molecular weight is 371 g/mol. The van der Waals surface area contributed by atoms with Crippen molar-refractivity contribution in [1.82, 2.24) is 15.0 Å². The third-order valence-electron chi connectivity index (χ3n) is 4.58. The number of hydrogen-bond donors (Lipinski definition) is 0. The van der Waals surface area contributed by atoms with E-state index in [4.69, 9.17) is 13.7 Å². The maximum Gasteiger partial charge on any atom is 0.264 e. The fourth-order valence-electron chi connectivity index (χ4n) is 3.08. The van der Waals surface area contributed by atoms with Crippen LogP contribution in [0.3, 0.4) is 0 Å². The van der Waals surface area contributed by atoms with Crippen LogP contribution < -0.4 is 4.74 Å². The molecule has 0 N–H and O–H groups in total. The van der Waals surface area contributed by atoms with Crippen LogP contribution in [0, 0.1) is 5.82 Å². The maximum atomic E-state index is 12.9. The largest absolute Gasteiger partial charge is 0.484 e. The lowest BCUT2D eigenvalue weighted by Crippen LogP contribution is -2.37. The number of ether oxygens (including phenoxy) is 1. The minimum Gasteiger partial charge on any atom is -0.484 e. The Kier molecular flexibility index (Phi) is 4.86. The monoisotopic (exact) mass is 371 g/mol. The fourth-order valence-corrected chi connectivity index (χ4v) is 3.08. The molecule has 3 heterocycles. The van der Waals surface area contributed by atoms with Crippen LogP contribution in [0.5, 0.6) is 5.75 Å². The van der Waals surface area contributed by atoms with Crippen molar-refractivity contribution in [2.24, 2.45) is 0 Å². The van der Waals surface area contributed by atoms with Crippen LogP contribution in [0.15, 0.2) is 51.8 Å². The number of carbonyl (C=O) groups excluding carboxylic acids is 1. The van der Waals surface area contributed by atoms with Crippen molar-refractivity contribution in [3.05, 3.63) is 66.0 Å². The van der Waals surface area contributed by atoms with Crippen LogP contribution >= 0.6 is 0 Å². The topological polar surface area (TPSA) is 81.6 Å². The fraction of sp³-hybridized carbons (Fsp3) is 0.316. The van der Waals surface area contributed by atoms with Gasteiger partial charge in [-0.1, -0.05) is 5.16 Å². The Labute approximate surface area is 154 Å². The lowest BCUT2D eigenvalue weighted by atomic mass is 9.96. The summed E-state index contributed by atoms with van der Waals surface area (Å²) in [5.74, 6) is 1.32. The summed E-state index contributed by atoms with van der Waals surface area (Å²) in [6.07, 6.45) is 4.48. The van der Waals surface area contributed by atoms with E-state index in [1.165, 1.54) is 24.7 Å². The van der Waals surface area contributed by atoms with Crippen molar-refractivity contribution >= 4 is 5.91 Å². The van der Waals surface area contributed by atoms with Crippen molar-refractivity contribution in [3.63, 3.8) is 0 Å². The number of piperidine rings is 1. The van der Waals surface area contributed by atoms with Crippen molar-refractivity contribution in [1.29, 1.82) is 0 Å². The van der Waals surface area contributed by atoms with Crippen LogP contribution in [0.4, 0.5) is 4.39 Å². The van der Waals surface area contributed by atoms with Crippen molar-refractivity contribution < 1.29 is 22.9 Å². The first-order chi connectivity index (χ1) is 13.2. The second-order valence-electron chi connectivity index (χ2n) is 6.37. The van der Waals surface area contributed by atoms with Crippen LogP contribution in [0.1, 0.15) is 40.8 Å². The molecule has 27 heavy (non-hydrogen) atoms. The SMILES string of the molecule is O=C(c1ccoc1)N1CCC(c2noc(COc3ccc(F)cc3)n2)CC1. The zero-order valence-electron chi connectivity index (χ0n) is 14.5. The van der Waals surface area contributed by atoms with Gasteiger partial charge in [0.25, 0.3) is 11.8 Å². The number of hydrogen-bond acceptors (Lipinski definition) is 6. The van der Waals surface area contributed by atoms with E-state index in [-0.39, 0.29) is 24.2 Å². The van der Waals surface area contributed by atoms with Gasteiger partial charge in [-0.2, -0.15) is 4.98 Å². The predicted molar refractivity (Wildman–Crippen MR) is 91.6 cm³/mol. The second-order valence-corrected chi connectivity index (χ2v) is 6.37. The summed E-state index contributed by atoms with van der Waals surface area (Å²) in [7, 11) is 0. The van der Waals surface area contributed by atoms with Crippen LogP contribution in [0.25, 0.3) is 0 Å². The first-order valence-electron chi connectivity index (χ1n) is 8.71. The van der Waals surface area contributed by atoms with E-state index in [1.807, 2.05) is 0 Å². The Morgan fingerprint density at radius 2 is 2.00 bits per heavy atom. The van der Waals surface area contributed by atoms with Gasteiger partial charge in [-0.25, -0.2) is 4.39 Å². The summed E-state index contributed by atoms with van der Waals surface area (Å²) in [4.78, 5) is 18.5. The molecule has 0 unspecified atom stereocenters. The highest BCUT2D eigenvalue weighted by Crippen LogP contribution is 2.27. The van der Waals surface area contributed by atoms with Crippen molar-refractivity contribution in [2.45, 2.75) is 25.4 Å². The highest BCUT2D eigenvalue weighted by Gasteiger charge is 2.27. The van der Waals surface area contributed by atoms with Gasteiger partial charge in [0, 0.05) is 19.0 Å². The van der Waals surface area contributed by atoms with Crippen LogP contribution in [-0.4, -0.2) is 34.0 Å². The minimum atomic E-state index is -0.319. The van der Waals surface area contributed by atoms with E-state index in [0.29, 0.717) is 36.1 Å². The Balaban J connectivity index is 1.30. The second kappa shape index (κ2) is 7.61. The Morgan fingerprint density at radius 1 is 1.22 bits per heavy atom. The Bertz CT molecular complexity index is 884. The van der Waals surface area contributed by atoms with Gasteiger partial charge in [0.1, 0.15) is 17.8 Å². The quantitative estimate of drug-likeness (QED) is 0.684. The van der Waals surface area contributed by atoms with Gasteiger partial charge < -0.3 is 18.6 Å². The molecule has 0 bridgehead atoms. The first kappa shape index (κ1) is 17.3. The summed E-state index contributed by atoms with van der Waals surface area (Å²) in [5.41, 5.74) is 0.563. The third-order valence-corrected chi connectivity index (χ3v) is 4.58. The molecule has 1 aliphatic heterocycles. The summed E-state index contributed by atoms with van der Waals surface area (Å²) >= 11 is 0. The smallest absolute Gasteiger partial charge is 0.264 e. The van der Waals surface area contributed by atoms with E-state index < -0.39 is 0 Å². The van der Waals surface area contributed by atoms with Gasteiger partial charge in [-0.3, -0.25) is 4.79 Å². The molecule has 1 saturated heterocycles. The van der Waals surface area contributed by atoms with Gasteiger partial charge in [-0.15, -0.1) is 0 Å². The molecular weight excluding hydrogens is 353 g/mol. The summed E-state index contributed by atoms with van der Waals surface area (Å²) < 4.78 is 28.6. The number of aromatic nitrogens is 2. The lowest BCUT2D eigenvalue weighted by molar-refractivity contribution is 0.0710. The molecule has 0 radical (unpaired) electrons. The highest BCUT2D eigenvalue weighted by molar-refractivity contribution is 5.93. The standard InChI is InChI=1S/C19H18FN3O4/c20-15-1-3-16(4-2-15)26-12-17-21-18(22-27-17)13-5-8-23(9-6-13)19(24)14-7-10-25-11-14/h1-4,7,10-11,13H,5-6,8-9,12H2. The molecule has 2 aromatic heterocycles. The Morgan fingerprint density at radius 3 is 2.70 bits per heavy atom. The first-order valence-corrected chi connectivity index (χ1v) is 8.71. The van der Waals surface area contributed by atoms with E-state index in [1.54, 1.807) is 23.1 Å². The lowest BCUT2D eigenvalue weighted by Gasteiger charge is -2.30. The summed E-state index contributed by atoms with van der Waals surface area (Å²) in [6, 6.07) is 7.40. The highest BCUT2D eigenvalue weighted by atomic mass is 19.1. The van der Waals surface area contributed by atoms with E-state index in [2.05, 4.69) is 10.1 Å². The molecule has 3 aromatic rings. The molecule has 1 aromatic carbocycles. The number of amides is 1. The molecule has 7 nitrogen and oxygen atoms in total. The predicted octanol–water partition coefficient (Wildman–Crippen LogP) is 3.40. The van der Waals surface area contributed by atoms with Crippen LogP contribution in [-0.2, 0) is 6.61 Å². The van der Waals surface area contributed by atoms with E-state index >= 15 is 0 Å². The van der Waals surface area contributed by atoms with Gasteiger partial charge in [0.15, 0.2) is 12.4 Å². The molecule has 8 heteroatoms. The Hall–Kier alpha value is -3.16. The van der Waals surface area contributed by atoms with Gasteiger partial charge in [0.2, 0.25) is 0 Å². The van der Waals surface area contributed by atoms with Gasteiger partial charge in [0.05, 0.1) is 11.8 Å². The van der Waals surface area contributed by atoms with E-state index in [9.17, 15) is 9.18 Å². The molecular formula is C19H18FN3O4. The number of furan rings is 1. The molecule has 1 aliphatic rings. The van der Waals surface area contributed by atoms with Crippen molar-refractivity contribution in [2.75, 3.05) is 13.1 Å². The summed E-state index contributed by atoms with van der Waals surface area (Å²) in [6.45, 7) is 1.38. The number of benzene rings is 1. The molecule has 4 rings (SSSR count). The maximum absolute atomic E-state index is 12.9. The molecule has 0 saturated carbocycles. The summed E-state index contributed by atoms with van der Waals surface area (Å²) in [5, 5.41) is 4.04. The zero-order chi connectivity index (χ0) is 18.6. The van der Waals surface area contributed by atoms with Crippen molar-refractivity contribution in [3.8, 4) is 5.75 Å². The molecule has 0 atom stereocenters. The molecule has 1 fully saturated rings. The molecule has 0 spiro atoms. The van der Waals surface area contributed by atoms with E-state index in [0.717, 1.165) is 12.8 Å². The van der Waals surface area contributed by atoms with Gasteiger partial charge in [-0.05, 0) is 43.2 Å². The number of nitrogens with zero attached hydrogens (tertiary/aromatic N) is 3. The third kappa shape index (κ3) is 3.99. The molecule has 140 valence electrons.